The number of carbonyl (C=O) groups excluding carboxylic acids is 1. The molecule has 0 heterocycles. The van der Waals surface area contributed by atoms with Gasteiger partial charge in [0, 0.05) is 23.4 Å². The molecular weight excluding hydrogens is 394 g/mol. The normalized spacial score (nSPS) is 12.0. The molecule has 4 aromatic carbocycles. The van der Waals surface area contributed by atoms with Crippen LogP contribution in [0.1, 0.15) is 42.9 Å². The maximum Gasteiger partial charge on any atom is 0.225 e. The van der Waals surface area contributed by atoms with E-state index in [0.29, 0.717) is 6.42 Å². The SMILES string of the molecule is Cc1ccc([C@H](CC(=O)Nc2cccc3ccccc23)c2ccc(OC(C)C)cc2)cc1. The number of ether oxygens (including phenoxy) is 1. The molecule has 1 N–H and O–H groups in total. The Hall–Kier alpha value is -3.59. The smallest absolute Gasteiger partial charge is 0.225 e. The minimum Gasteiger partial charge on any atom is -0.491 e. The van der Waals surface area contributed by atoms with Gasteiger partial charge in [0.05, 0.1) is 6.10 Å². The molecule has 0 unspecified atom stereocenters. The molecule has 1 atom stereocenters. The van der Waals surface area contributed by atoms with Crippen molar-refractivity contribution >= 4 is 22.4 Å². The Morgan fingerprint density at radius 2 is 1.44 bits per heavy atom. The van der Waals surface area contributed by atoms with E-state index in [-0.39, 0.29) is 17.9 Å². The Bertz CT molecular complexity index is 1190. The highest BCUT2D eigenvalue weighted by molar-refractivity contribution is 6.02. The molecule has 3 heteroatoms. The van der Waals surface area contributed by atoms with Crippen LogP contribution in [0, 0.1) is 6.92 Å². The molecule has 0 aromatic heterocycles. The van der Waals surface area contributed by atoms with E-state index in [1.54, 1.807) is 0 Å². The summed E-state index contributed by atoms with van der Waals surface area (Å²) in [5.41, 5.74) is 4.27. The lowest BCUT2D eigenvalue weighted by Gasteiger charge is -2.19. The van der Waals surface area contributed by atoms with Crippen LogP contribution in [-0.4, -0.2) is 12.0 Å². The third-order valence-corrected chi connectivity index (χ3v) is 5.59. The van der Waals surface area contributed by atoms with Gasteiger partial charge < -0.3 is 10.1 Å². The zero-order chi connectivity index (χ0) is 22.5. The fraction of sp³-hybridized carbons (Fsp3) is 0.207. The number of hydrogen-bond donors (Lipinski definition) is 1. The number of nitrogens with one attached hydrogen (secondary N) is 1. The molecule has 3 nitrogen and oxygen atoms in total. The summed E-state index contributed by atoms with van der Waals surface area (Å²) >= 11 is 0. The second-order valence-electron chi connectivity index (χ2n) is 8.48. The lowest BCUT2D eigenvalue weighted by Crippen LogP contribution is -2.17. The summed E-state index contributed by atoms with van der Waals surface area (Å²) in [6.45, 7) is 6.10. The van der Waals surface area contributed by atoms with Crippen molar-refractivity contribution in [3.63, 3.8) is 0 Å². The molecule has 32 heavy (non-hydrogen) atoms. The summed E-state index contributed by atoms with van der Waals surface area (Å²) in [5.74, 6) is 0.791. The van der Waals surface area contributed by atoms with Crippen LogP contribution in [0.5, 0.6) is 5.75 Å². The van der Waals surface area contributed by atoms with E-state index in [4.69, 9.17) is 4.74 Å². The van der Waals surface area contributed by atoms with Crippen molar-refractivity contribution in [1.29, 1.82) is 0 Å². The summed E-state index contributed by atoms with van der Waals surface area (Å²) in [7, 11) is 0. The molecule has 0 aliphatic rings. The fourth-order valence-electron chi connectivity index (χ4n) is 4.00. The van der Waals surface area contributed by atoms with Gasteiger partial charge in [0.1, 0.15) is 5.75 Å². The highest BCUT2D eigenvalue weighted by atomic mass is 16.5. The summed E-state index contributed by atoms with van der Waals surface area (Å²) in [5, 5.41) is 5.30. The molecule has 0 saturated heterocycles. The second kappa shape index (κ2) is 9.69. The quantitative estimate of drug-likeness (QED) is 0.344. The third kappa shape index (κ3) is 5.17. The van der Waals surface area contributed by atoms with E-state index in [1.807, 2.05) is 56.3 Å². The van der Waals surface area contributed by atoms with E-state index >= 15 is 0 Å². The van der Waals surface area contributed by atoms with Gasteiger partial charge in [-0.2, -0.15) is 0 Å². The average Bonchev–Trinajstić information content (AvgIpc) is 2.79. The van der Waals surface area contributed by atoms with Crippen LogP contribution < -0.4 is 10.1 Å². The molecular formula is C29H29NO2. The molecule has 4 aromatic rings. The van der Waals surface area contributed by atoms with E-state index in [1.165, 1.54) is 5.56 Å². The van der Waals surface area contributed by atoms with Crippen LogP contribution in [0.4, 0.5) is 5.69 Å². The van der Waals surface area contributed by atoms with Crippen molar-refractivity contribution < 1.29 is 9.53 Å². The van der Waals surface area contributed by atoms with Crippen LogP contribution in [0.15, 0.2) is 91.0 Å². The Kier molecular flexibility index (Phi) is 6.55. The monoisotopic (exact) mass is 423 g/mol. The first-order valence-corrected chi connectivity index (χ1v) is 11.1. The van der Waals surface area contributed by atoms with Crippen molar-refractivity contribution in [2.24, 2.45) is 0 Å². The second-order valence-corrected chi connectivity index (χ2v) is 8.48. The first-order chi connectivity index (χ1) is 15.5. The number of carbonyl (C=O) groups is 1. The Morgan fingerprint density at radius 1 is 0.812 bits per heavy atom. The average molecular weight is 424 g/mol. The topological polar surface area (TPSA) is 38.3 Å². The summed E-state index contributed by atoms with van der Waals surface area (Å²) in [6, 6.07) is 30.6. The molecule has 0 saturated carbocycles. The van der Waals surface area contributed by atoms with Crippen LogP contribution >= 0.6 is 0 Å². The van der Waals surface area contributed by atoms with Gasteiger partial charge >= 0.3 is 0 Å². The van der Waals surface area contributed by atoms with Crippen molar-refractivity contribution in [3.8, 4) is 5.75 Å². The molecule has 4 rings (SSSR count). The van der Waals surface area contributed by atoms with E-state index in [0.717, 1.165) is 33.3 Å². The molecule has 0 aliphatic heterocycles. The minimum atomic E-state index is -0.0429. The van der Waals surface area contributed by atoms with Crippen LogP contribution in [0.25, 0.3) is 10.8 Å². The molecule has 0 bridgehead atoms. The van der Waals surface area contributed by atoms with Crippen LogP contribution in [0.2, 0.25) is 0 Å². The first-order valence-electron chi connectivity index (χ1n) is 11.1. The fourth-order valence-corrected chi connectivity index (χ4v) is 4.00. The number of amides is 1. The summed E-state index contributed by atoms with van der Waals surface area (Å²) < 4.78 is 5.79. The molecule has 162 valence electrons. The van der Waals surface area contributed by atoms with Gasteiger partial charge in [0.25, 0.3) is 0 Å². The predicted octanol–water partition coefficient (Wildman–Crippen LogP) is 7.10. The van der Waals surface area contributed by atoms with Gasteiger partial charge in [-0.3, -0.25) is 4.79 Å². The maximum atomic E-state index is 13.2. The van der Waals surface area contributed by atoms with Gasteiger partial charge in [0.2, 0.25) is 5.91 Å². The molecule has 0 radical (unpaired) electrons. The maximum absolute atomic E-state index is 13.2. The van der Waals surface area contributed by atoms with Crippen molar-refractivity contribution in [1.82, 2.24) is 0 Å². The Balaban J connectivity index is 1.60. The Labute approximate surface area is 190 Å². The molecule has 0 aliphatic carbocycles. The van der Waals surface area contributed by atoms with Crippen molar-refractivity contribution in [2.75, 3.05) is 5.32 Å². The van der Waals surface area contributed by atoms with Gasteiger partial charge in [-0.15, -0.1) is 0 Å². The van der Waals surface area contributed by atoms with Gasteiger partial charge in [0.15, 0.2) is 0 Å². The highest BCUT2D eigenvalue weighted by Crippen LogP contribution is 2.31. The number of aryl methyl sites for hydroxylation is 1. The number of anilines is 1. The molecule has 1 amide bonds. The zero-order valence-corrected chi connectivity index (χ0v) is 18.8. The highest BCUT2D eigenvalue weighted by Gasteiger charge is 2.19. The summed E-state index contributed by atoms with van der Waals surface area (Å²) in [4.78, 5) is 13.2. The number of benzene rings is 4. The van der Waals surface area contributed by atoms with E-state index < -0.39 is 0 Å². The van der Waals surface area contributed by atoms with Gasteiger partial charge in [-0.25, -0.2) is 0 Å². The van der Waals surface area contributed by atoms with E-state index in [2.05, 4.69) is 60.8 Å². The third-order valence-electron chi connectivity index (χ3n) is 5.59. The van der Waals surface area contributed by atoms with Crippen molar-refractivity contribution in [2.45, 2.75) is 39.2 Å². The number of hydrogen-bond acceptors (Lipinski definition) is 2. The molecule has 0 fully saturated rings. The first kappa shape index (κ1) is 21.6. The number of rotatable bonds is 7. The molecule has 0 spiro atoms. The van der Waals surface area contributed by atoms with Gasteiger partial charge in [-0.05, 0) is 55.5 Å². The lowest BCUT2D eigenvalue weighted by atomic mass is 9.87. The van der Waals surface area contributed by atoms with Crippen molar-refractivity contribution in [3.05, 3.63) is 108 Å². The largest absolute Gasteiger partial charge is 0.491 e. The predicted molar refractivity (Wildman–Crippen MR) is 132 cm³/mol. The lowest BCUT2D eigenvalue weighted by molar-refractivity contribution is -0.116. The van der Waals surface area contributed by atoms with Crippen LogP contribution in [0.3, 0.4) is 0 Å². The number of fused-ring (bicyclic) bond motifs is 1. The van der Waals surface area contributed by atoms with Crippen LogP contribution in [-0.2, 0) is 4.79 Å². The Morgan fingerprint density at radius 3 is 2.12 bits per heavy atom. The standard InChI is InChI=1S/C29H29NO2/c1-20(2)32-25-17-15-24(16-18-25)27(23-13-11-21(3)12-14-23)19-29(31)30-28-10-6-8-22-7-4-5-9-26(22)28/h4-18,20,27H,19H2,1-3H3,(H,30,31)/t27-/m0/s1. The minimum absolute atomic E-state index is 0.00515. The van der Waals surface area contributed by atoms with Gasteiger partial charge in [-0.1, -0.05) is 78.4 Å². The van der Waals surface area contributed by atoms with E-state index in [9.17, 15) is 4.79 Å². The summed E-state index contributed by atoms with van der Waals surface area (Å²) in [6.07, 6.45) is 0.483. The zero-order valence-electron chi connectivity index (χ0n) is 18.8.